The van der Waals surface area contributed by atoms with E-state index in [1.54, 1.807) is 18.5 Å². The zero-order valence-corrected chi connectivity index (χ0v) is 13.7. The third-order valence-electron chi connectivity index (χ3n) is 3.42. The Morgan fingerprint density at radius 3 is 2.90 bits per heavy atom. The summed E-state index contributed by atoms with van der Waals surface area (Å²) in [6.07, 6.45) is 4.16. The Morgan fingerprint density at radius 1 is 1.30 bits per heavy atom. The van der Waals surface area contributed by atoms with Gasteiger partial charge in [0.05, 0.1) is 11.6 Å². The first-order valence-electron chi connectivity index (χ1n) is 6.28. The SMILES string of the molecule is O=C(NC1c2ccccc2CC1Br)c1cncc(Br)c1. The van der Waals surface area contributed by atoms with E-state index in [1.807, 2.05) is 12.1 Å². The van der Waals surface area contributed by atoms with Crippen molar-refractivity contribution in [2.24, 2.45) is 0 Å². The highest BCUT2D eigenvalue weighted by Gasteiger charge is 2.31. The van der Waals surface area contributed by atoms with Gasteiger partial charge in [-0.15, -0.1) is 0 Å². The average Bonchev–Trinajstić information content (AvgIpc) is 2.75. The molecule has 102 valence electrons. The van der Waals surface area contributed by atoms with Gasteiger partial charge in [0, 0.05) is 21.7 Å². The van der Waals surface area contributed by atoms with Crippen LogP contribution in [0.5, 0.6) is 0 Å². The quantitative estimate of drug-likeness (QED) is 0.788. The highest BCUT2D eigenvalue weighted by molar-refractivity contribution is 9.10. The van der Waals surface area contributed by atoms with Gasteiger partial charge in [0.15, 0.2) is 0 Å². The summed E-state index contributed by atoms with van der Waals surface area (Å²) in [5.41, 5.74) is 3.03. The Kier molecular flexibility index (Phi) is 3.89. The van der Waals surface area contributed by atoms with E-state index in [9.17, 15) is 4.79 Å². The maximum absolute atomic E-state index is 12.3. The summed E-state index contributed by atoms with van der Waals surface area (Å²) in [4.78, 5) is 16.6. The van der Waals surface area contributed by atoms with Crippen LogP contribution in [0.1, 0.15) is 27.5 Å². The van der Waals surface area contributed by atoms with Gasteiger partial charge >= 0.3 is 0 Å². The van der Waals surface area contributed by atoms with E-state index in [-0.39, 0.29) is 16.8 Å². The lowest BCUT2D eigenvalue weighted by Gasteiger charge is -2.17. The lowest BCUT2D eigenvalue weighted by atomic mass is 10.1. The molecule has 3 nitrogen and oxygen atoms in total. The van der Waals surface area contributed by atoms with Crippen LogP contribution in [0, 0.1) is 0 Å². The molecule has 2 atom stereocenters. The molecule has 3 rings (SSSR count). The number of fused-ring (bicyclic) bond motifs is 1. The van der Waals surface area contributed by atoms with Crippen molar-refractivity contribution < 1.29 is 4.79 Å². The maximum Gasteiger partial charge on any atom is 0.253 e. The van der Waals surface area contributed by atoms with Gasteiger partial charge in [-0.25, -0.2) is 0 Å². The molecule has 0 fully saturated rings. The number of aromatic nitrogens is 1. The summed E-state index contributed by atoms with van der Waals surface area (Å²) >= 11 is 6.99. The Labute approximate surface area is 134 Å². The Hall–Kier alpha value is -1.20. The topological polar surface area (TPSA) is 42.0 Å². The Bertz CT molecular complexity index is 660. The second kappa shape index (κ2) is 5.66. The number of carbonyl (C=O) groups is 1. The number of benzene rings is 1. The van der Waals surface area contributed by atoms with Crippen LogP contribution >= 0.6 is 31.9 Å². The predicted octanol–water partition coefficient (Wildman–Crippen LogP) is 3.63. The number of alkyl halides is 1. The molecule has 1 N–H and O–H groups in total. The van der Waals surface area contributed by atoms with Crippen LogP contribution in [0.3, 0.4) is 0 Å². The van der Waals surface area contributed by atoms with Gasteiger partial charge in [-0.05, 0) is 39.5 Å². The number of carbonyl (C=O) groups excluding carboxylic acids is 1. The monoisotopic (exact) mass is 394 g/mol. The van der Waals surface area contributed by atoms with Gasteiger partial charge in [0.25, 0.3) is 5.91 Å². The van der Waals surface area contributed by atoms with Crippen molar-refractivity contribution >= 4 is 37.8 Å². The highest BCUT2D eigenvalue weighted by atomic mass is 79.9. The molecule has 0 radical (unpaired) electrons. The fraction of sp³-hybridized carbons (Fsp3) is 0.200. The van der Waals surface area contributed by atoms with Gasteiger partial charge in [-0.3, -0.25) is 9.78 Å². The molecule has 0 saturated heterocycles. The van der Waals surface area contributed by atoms with E-state index in [1.165, 1.54) is 11.1 Å². The summed E-state index contributed by atoms with van der Waals surface area (Å²) in [6, 6.07) is 9.98. The molecule has 0 bridgehead atoms. The lowest BCUT2D eigenvalue weighted by Crippen LogP contribution is -2.31. The predicted molar refractivity (Wildman–Crippen MR) is 85.0 cm³/mol. The summed E-state index contributed by atoms with van der Waals surface area (Å²) in [5, 5.41) is 3.08. The van der Waals surface area contributed by atoms with Crippen molar-refractivity contribution in [3.05, 3.63) is 63.9 Å². The minimum Gasteiger partial charge on any atom is -0.344 e. The van der Waals surface area contributed by atoms with Crippen LogP contribution in [-0.4, -0.2) is 15.7 Å². The minimum absolute atomic E-state index is 0.00215. The number of amides is 1. The Morgan fingerprint density at radius 2 is 2.10 bits per heavy atom. The van der Waals surface area contributed by atoms with Gasteiger partial charge in [0.2, 0.25) is 0 Å². The summed E-state index contributed by atoms with van der Waals surface area (Å²) in [5.74, 6) is -0.107. The van der Waals surface area contributed by atoms with E-state index in [0.29, 0.717) is 5.56 Å². The fourth-order valence-electron chi connectivity index (χ4n) is 2.48. The zero-order valence-electron chi connectivity index (χ0n) is 10.5. The van der Waals surface area contributed by atoms with Crippen molar-refractivity contribution in [1.82, 2.24) is 10.3 Å². The van der Waals surface area contributed by atoms with Crippen molar-refractivity contribution in [1.29, 1.82) is 0 Å². The molecule has 1 heterocycles. The van der Waals surface area contributed by atoms with Crippen LogP contribution < -0.4 is 5.32 Å². The molecule has 1 aliphatic rings. The van der Waals surface area contributed by atoms with Crippen LogP contribution in [0.4, 0.5) is 0 Å². The summed E-state index contributed by atoms with van der Waals surface area (Å²) in [7, 11) is 0. The largest absolute Gasteiger partial charge is 0.344 e. The average molecular weight is 396 g/mol. The molecule has 0 spiro atoms. The third kappa shape index (κ3) is 2.65. The second-order valence-electron chi connectivity index (χ2n) is 4.76. The van der Waals surface area contributed by atoms with Crippen molar-refractivity contribution in [2.45, 2.75) is 17.3 Å². The molecular weight excluding hydrogens is 384 g/mol. The number of nitrogens with one attached hydrogen (secondary N) is 1. The van der Waals surface area contributed by atoms with Crippen molar-refractivity contribution in [3.63, 3.8) is 0 Å². The summed E-state index contributed by atoms with van der Waals surface area (Å²) < 4.78 is 0.798. The van der Waals surface area contributed by atoms with Gasteiger partial charge in [-0.1, -0.05) is 40.2 Å². The molecular formula is C15H12Br2N2O. The molecule has 2 unspecified atom stereocenters. The first kappa shape index (κ1) is 13.8. The number of hydrogen-bond acceptors (Lipinski definition) is 2. The minimum atomic E-state index is -0.107. The van der Waals surface area contributed by atoms with Gasteiger partial charge in [-0.2, -0.15) is 0 Å². The number of rotatable bonds is 2. The lowest BCUT2D eigenvalue weighted by molar-refractivity contribution is 0.0937. The van der Waals surface area contributed by atoms with E-state index in [0.717, 1.165) is 10.9 Å². The standard InChI is InChI=1S/C15H12Br2N2O/c16-11-5-10(7-18-8-11)15(20)19-14-12-4-2-1-3-9(12)6-13(14)17/h1-5,7-8,13-14H,6H2,(H,19,20). The van der Waals surface area contributed by atoms with Gasteiger partial charge < -0.3 is 5.32 Å². The molecule has 1 aromatic carbocycles. The van der Waals surface area contributed by atoms with Crippen molar-refractivity contribution in [3.8, 4) is 0 Å². The van der Waals surface area contributed by atoms with Crippen LogP contribution in [0.15, 0.2) is 47.2 Å². The van der Waals surface area contributed by atoms with E-state index < -0.39 is 0 Å². The number of halogens is 2. The van der Waals surface area contributed by atoms with Crippen LogP contribution in [-0.2, 0) is 6.42 Å². The fourth-order valence-corrected chi connectivity index (χ4v) is 3.61. The van der Waals surface area contributed by atoms with Gasteiger partial charge in [0.1, 0.15) is 0 Å². The van der Waals surface area contributed by atoms with E-state index in [2.05, 4.69) is 54.3 Å². The molecule has 2 aromatic rings. The molecule has 5 heteroatoms. The molecule has 0 saturated carbocycles. The Balaban J connectivity index is 1.83. The number of nitrogens with zero attached hydrogens (tertiary/aromatic N) is 1. The molecule has 1 aromatic heterocycles. The smallest absolute Gasteiger partial charge is 0.253 e. The molecule has 1 amide bonds. The second-order valence-corrected chi connectivity index (χ2v) is 6.85. The molecule has 0 aliphatic heterocycles. The van der Waals surface area contributed by atoms with E-state index >= 15 is 0 Å². The first-order chi connectivity index (χ1) is 9.65. The van der Waals surface area contributed by atoms with E-state index in [4.69, 9.17) is 0 Å². The molecule has 20 heavy (non-hydrogen) atoms. The normalized spacial score (nSPS) is 20.5. The van der Waals surface area contributed by atoms with Crippen molar-refractivity contribution in [2.75, 3.05) is 0 Å². The summed E-state index contributed by atoms with van der Waals surface area (Å²) in [6.45, 7) is 0. The molecule has 1 aliphatic carbocycles. The maximum atomic E-state index is 12.3. The van der Waals surface area contributed by atoms with Crippen LogP contribution in [0.2, 0.25) is 0 Å². The first-order valence-corrected chi connectivity index (χ1v) is 7.99. The van der Waals surface area contributed by atoms with Crippen LogP contribution in [0.25, 0.3) is 0 Å². The number of hydrogen-bond donors (Lipinski definition) is 1. The zero-order chi connectivity index (χ0) is 14.1. The number of pyridine rings is 1. The highest BCUT2D eigenvalue weighted by Crippen LogP contribution is 2.35. The third-order valence-corrected chi connectivity index (χ3v) is 4.71.